The summed E-state index contributed by atoms with van der Waals surface area (Å²) in [6.45, 7) is 0. The number of carbonyl (C=O) groups is 2. The van der Waals surface area contributed by atoms with Crippen molar-refractivity contribution in [2.75, 3.05) is 19.1 Å². The topological polar surface area (TPSA) is 176 Å². The highest BCUT2D eigenvalue weighted by molar-refractivity contribution is 7.90. The first-order valence-electron chi connectivity index (χ1n) is 7.77. The average molecular weight is 478 g/mol. The van der Waals surface area contributed by atoms with Gasteiger partial charge >= 0.3 is 11.9 Å². The van der Waals surface area contributed by atoms with Crippen molar-refractivity contribution in [1.82, 2.24) is 0 Å². The molecule has 0 saturated carbocycles. The van der Waals surface area contributed by atoms with E-state index in [9.17, 15) is 26.4 Å². The second-order valence-corrected chi connectivity index (χ2v) is 9.12. The van der Waals surface area contributed by atoms with E-state index in [1.807, 2.05) is 0 Å². The number of allylic oxidation sites excluding steroid dienone is 2. The number of ether oxygens (including phenoxy) is 2. The maximum absolute atomic E-state index is 12.5. The van der Waals surface area contributed by atoms with Gasteiger partial charge < -0.3 is 14.4 Å². The summed E-state index contributed by atoms with van der Waals surface area (Å²) in [6, 6.07) is 1.58. The van der Waals surface area contributed by atoms with E-state index < -0.39 is 52.5 Å². The van der Waals surface area contributed by atoms with Crippen molar-refractivity contribution in [2.24, 2.45) is 10.3 Å². The van der Waals surface area contributed by atoms with E-state index >= 15 is 0 Å². The number of anilines is 1. The number of nitrogens with two attached hydrogens (primary N) is 2. The van der Waals surface area contributed by atoms with Crippen molar-refractivity contribution in [3.8, 4) is 0 Å². The van der Waals surface area contributed by atoms with Crippen LogP contribution in [0.1, 0.15) is 0 Å². The Labute approximate surface area is 177 Å². The summed E-state index contributed by atoms with van der Waals surface area (Å²) in [4.78, 5) is 24.2. The Balaban J connectivity index is 2.97. The molecular weight excluding hydrogens is 462 g/mol. The first-order chi connectivity index (χ1) is 13.8. The van der Waals surface area contributed by atoms with Gasteiger partial charge in [-0.1, -0.05) is 17.7 Å². The zero-order chi connectivity index (χ0) is 22.9. The van der Waals surface area contributed by atoms with Gasteiger partial charge in [-0.15, -0.1) is 0 Å². The van der Waals surface area contributed by atoms with Crippen LogP contribution in [0.25, 0.3) is 0 Å². The number of sulfonamides is 2. The molecule has 0 radical (unpaired) electrons. The summed E-state index contributed by atoms with van der Waals surface area (Å²) in [7, 11) is -6.85. The Morgan fingerprint density at radius 3 is 2.00 bits per heavy atom. The molecule has 1 aliphatic heterocycles. The van der Waals surface area contributed by atoms with E-state index in [0.29, 0.717) is 6.07 Å². The maximum Gasteiger partial charge on any atom is 0.355 e. The lowest BCUT2D eigenvalue weighted by Gasteiger charge is -2.25. The molecule has 0 atom stereocenters. The highest BCUT2D eigenvalue weighted by atomic mass is 35.5. The fourth-order valence-corrected chi connectivity index (χ4v) is 4.41. The van der Waals surface area contributed by atoms with E-state index in [-0.39, 0.29) is 11.3 Å². The highest BCUT2D eigenvalue weighted by Gasteiger charge is 2.32. The minimum Gasteiger partial charge on any atom is -0.465 e. The van der Waals surface area contributed by atoms with Crippen molar-refractivity contribution < 1.29 is 35.9 Å². The van der Waals surface area contributed by atoms with Gasteiger partial charge in [-0.2, -0.15) is 0 Å². The first kappa shape index (κ1) is 23.6. The Kier molecular flexibility index (Phi) is 6.73. The molecule has 14 heteroatoms. The van der Waals surface area contributed by atoms with Gasteiger partial charge in [0.15, 0.2) is 0 Å². The molecule has 0 spiro atoms. The van der Waals surface area contributed by atoms with Crippen LogP contribution in [0.2, 0.25) is 5.02 Å². The zero-order valence-electron chi connectivity index (χ0n) is 15.5. The Bertz CT molecular complexity index is 1220. The molecule has 0 saturated heterocycles. The molecule has 0 fully saturated rings. The molecule has 4 N–H and O–H groups in total. The molecule has 0 amide bonds. The van der Waals surface area contributed by atoms with Crippen LogP contribution in [0.3, 0.4) is 0 Å². The first-order valence-corrected chi connectivity index (χ1v) is 11.2. The van der Waals surface area contributed by atoms with Crippen LogP contribution in [0.5, 0.6) is 0 Å². The lowest BCUT2D eigenvalue weighted by atomic mass is 10.1. The molecule has 0 bridgehead atoms. The molecule has 1 aromatic carbocycles. The minimum atomic E-state index is -4.56. The molecule has 2 rings (SSSR count). The van der Waals surface area contributed by atoms with Crippen LogP contribution >= 0.6 is 11.6 Å². The Morgan fingerprint density at radius 1 is 0.933 bits per heavy atom. The lowest BCUT2D eigenvalue weighted by Crippen LogP contribution is -2.29. The van der Waals surface area contributed by atoms with Crippen molar-refractivity contribution >= 4 is 49.3 Å². The van der Waals surface area contributed by atoms with E-state index in [1.54, 1.807) is 0 Å². The summed E-state index contributed by atoms with van der Waals surface area (Å²) in [5, 5.41) is 9.86. The number of hydrogen-bond acceptors (Lipinski definition) is 9. The fraction of sp³-hybridized carbons (Fsp3) is 0.125. The maximum atomic E-state index is 12.5. The number of methoxy groups -OCH3 is 2. The van der Waals surface area contributed by atoms with Crippen molar-refractivity contribution in [2.45, 2.75) is 9.79 Å². The van der Waals surface area contributed by atoms with Gasteiger partial charge in [0.2, 0.25) is 20.0 Å². The Morgan fingerprint density at radius 2 is 1.50 bits per heavy atom. The van der Waals surface area contributed by atoms with Crippen molar-refractivity contribution in [1.29, 1.82) is 0 Å². The number of carbonyl (C=O) groups excluding carboxylic acids is 2. The van der Waals surface area contributed by atoms with Crippen molar-refractivity contribution in [3.63, 3.8) is 0 Å². The van der Waals surface area contributed by atoms with Crippen LogP contribution in [0.4, 0.5) is 5.69 Å². The average Bonchev–Trinajstić information content (AvgIpc) is 2.87. The van der Waals surface area contributed by atoms with Gasteiger partial charge in [0.1, 0.15) is 15.5 Å². The summed E-state index contributed by atoms with van der Waals surface area (Å²) >= 11 is 6.00. The number of primary sulfonamides is 2. The monoisotopic (exact) mass is 477 g/mol. The standard InChI is InChI=1S/C16H16ClN3O8S2/c1-27-15(21)9-5-3-4-6-20(14(9)16(22)28-2)11-7-10(17)12(29(18,23)24)8-13(11)30(19,25)26/h3-8H,1-2H3,(H2,18,23,24)(H2,19,25,26). The smallest absolute Gasteiger partial charge is 0.355 e. The minimum absolute atomic E-state index is 0.277. The fourth-order valence-electron chi connectivity index (χ4n) is 2.51. The molecule has 0 aliphatic carbocycles. The number of halogens is 1. The van der Waals surface area contributed by atoms with Gasteiger partial charge in [0.25, 0.3) is 0 Å². The molecule has 162 valence electrons. The molecule has 0 unspecified atom stereocenters. The van der Waals surface area contributed by atoms with E-state index in [4.69, 9.17) is 26.6 Å². The highest BCUT2D eigenvalue weighted by Crippen LogP contribution is 2.36. The number of nitrogens with zero attached hydrogens (tertiary/aromatic N) is 1. The molecule has 1 heterocycles. The lowest BCUT2D eigenvalue weighted by molar-refractivity contribution is -0.139. The van der Waals surface area contributed by atoms with Crippen LogP contribution in [0, 0.1) is 0 Å². The molecule has 1 aromatic rings. The second kappa shape index (κ2) is 8.57. The van der Waals surface area contributed by atoms with Gasteiger partial charge in [0.05, 0.1) is 30.5 Å². The zero-order valence-corrected chi connectivity index (χ0v) is 17.9. The van der Waals surface area contributed by atoms with Crippen LogP contribution in [-0.4, -0.2) is 43.0 Å². The predicted octanol–water partition coefficient (Wildman–Crippen LogP) is 0.125. The molecular formula is C16H16ClN3O8S2. The van der Waals surface area contributed by atoms with Gasteiger partial charge in [0, 0.05) is 6.20 Å². The third-order valence-electron chi connectivity index (χ3n) is 3.78. The van der Waals surface area contributed by atoms with E-state index in [0.717, 1.165) is 25.2 Å². The van der Waals surface area contributed by atoms with Gasteiger partial charge in [-0.25, -0.2) is 36.7 Å². The number of benzene rings is 1. The summed E-state index contributed by atoms with van der Waals surface area (Å²) in [6.07, 6.45) is 5.21. The summed E-state index contributed by atoms with van der Waals surface area (Å²) < 4.78 is 57.3. The second-order valence-electron chi connectivity index (χ2n) is 5.66. The third-order valence-corrected chi connectivity index (χ3v) is 6.09. The number of hydrogen-bond donors (Lipinski definition) is 2. The molecule has 11 nitrogen and oxygen atoms in total. The Hall–Kier alpha value is -2.71. The van der Waals surface area contributed by atoms with Crippen LogP contribution < -0.4 is 15.2 Å². The van der Waals surface area contributed by atoms with Crippen LogP contribution in [-0.2, 0) is 39.1 Å². The van der Waals surface area contributed by atoms with Crippen molar-refractivity contribution in [3.05, 3.63) is 52.9 Å². The normalized spacial score (nSPS) is 14.5. The third kappa shape index (κ3) is 4.71. The quantitative estimate of drug-likeness (QED) is 0.557. The van der Waals surface area contributed by atoms with Crippen LogP contribution in [0.15, 0.2) is 57.6 Å². The largest absolute Gasteiger partial charge is 0.465 e. The number of esters is 2. The SMILES string of the molecule is COC(=O)C1=C(C(=O)OC)N(c2cc(Cl)c(S(N)(=O)=O)cc2S(N)(=O)=O)C=CC=C1. The van der Waals surface area contributed by atoms with E-state index in [1.165, 1.54) is 24.4 Å². The molecule has 1 aliphatic rings. The summed E-state index contributed by atoms with van der Waals surface area (Å²) in [5.74, 6) is -1.96. The van der Waals surface area contributed by atoms with Gasteiger partial charge in [-0.3, -0.25) is 0 Å². The summed E-state index contributed by atoms with van der Waals surface area (Å²) in [5.41, 5.74) is -1.04. The predicted molar refractivity (Wildman–Crippen MR) is 106 cm³/mol. The van der Waals surface area contributed by atoms with E-state index in [2.05, 4.69) is 4.74 Å². The number of rotatable bonds is 5. The van der Waals surface area contributed by atoms with Gasteiger partial charge in [-0.05, 0) is 24.3 Å². The molecule has 30 heavy (non-hydrogen) atoms. The molecule has 0 aromatic heterocycles.